The molecular weight excluding hydrogens is 194 g/mol. The summed E-state index contributed by atoms with van der Waals surface area (Å²) < 4.78 is 0. The van der Waals surface area contributed by atoms with Crippen LogP contribution in [0.3, 0.4) is 0 Å². The van der Waals surface area contributed by atoms with Gasteiger partial charge in [-0.15, -0.1) is 0 Å². The summed E-state index contributed by atoms with van der Waals surface area (Å²) in [5.74, 6) is 0. The molecule has 0 saturated heterocycles. The molecule has 0 aromatic carbocycles. The van der Waals surface area contributed by atoms with Crippen molar-refractivity contribution >= 4 is 11.8 Å². The molecule has 0 bridgehead atoms. The lowest BCUT2D eigenvalue weighted by Gasteiger charge is -2.07. The lowest BCUT2D eigenvalue weighted by atomic mass is 10.1. The first-order valence-electron chi connectivity index (χ1n) is 4.98. The van der Waals surface area contributed by atoms with Crippen molar-refractivity contribution in [3.05, 3.63) is 17.0 Å². The number of rotatable bonds is 3. The van der Waals surface area contributed by atoms with Crippen molar-refractivity contribution in [2.24, 2.45) is 5.73 Å². The summed E-state index contributed by atoms with van der Waals surface area (Å²) in [5.41, 5.74) is 9.38. The maximum atomic E-state index is 5.58. The first-order chi connectivity index (χ1) is 6.85. The Bertz CT molecular complexity index is 338. The van der Waals surface area contributed by atoms with Gasteiger partial charge in [0.2, 0.25) is 0 Å². The van der Waals surface area contributed by atoms with Crippen molar-refractivity contribution in [1.82, 2.24) is 9.97 Å². The number of hydrogen-bond donors (Lipinski definition) is 1. The van der Waals surface area contributed by atoms with Crippen LogP contribution in [0.4, 0.5) is 0 Å². The molecule has 2 N–H and O–H groups in total. The Morgan fingerprint density at radius 2 is 2.21 bits per heavy atom. The van der Waals surface area contributed by atoms with Crippen molar-refractivity contribution in [3.63, 3.8) is 0 Å². The van der Waals surface area contributed by atoms with Crippen molar-refractivity contribution in [3.8, 4) is 0 Å². The van der Waals surface area contributed by atoms with E-state index < -0.39 is 0 Å². The smallest absolute Gasteiger partial charge is 0.187 e. The van der Waals surface area contributed by atoms with E-state index in [-0.39, 0.29) is 0 Å². The molecule has 1 heterocycles. The molecule has 0 saturated carbocycles. The molecule has 2 rings (SSSR count). The number of nitrogens with two attached hydrogens (primary N) is 1. The molecule has 4 heteroatoms. The zero-order chi connectivity index (χ0) is 9.97. The van der Waals surface area contributed by atoms with Gasteiger partial charge < -0.3 is 5.73 Å². The summed E-state index contributed by atoms with van der Waals surface area (Å²) >= 11 is 1.61. The van der Waals surface area contributed by atoms with Gasteiger partial charge in [-0.05, 0) is 37.6 Å². The molecule has 0 amide bonds. The zero-order valence-electron chi connectivity index (χ0n) is 8.42. The lowest BCUT2D eigenvalue weighted by molar-refractivity contribution is 0.820. The van der Waals surface area contributed by atoms with E-state index in [1.54, 1.807) is 11.8 Å². The molecule has 3 nitrogen and oxygen atoms in total. The molecule has 1 aromatic heterocycles. The van der Waals surface area contributed by atoms with Crippen LogP contribution in [0.5, 0.6) is 0 Å². The second-order valence-corrected chi connectivity index (χ2v) is 4.25. The Morgan fingerprint density at radius 3 is 2.93 bits per heavy atom. The molecule has 14 heavy (non-hydrogen) atoms. The third-order valence-corrected chi connectivity index (χ3v) is 3.11. The molecule has 0 radical (unpaired) electrons. The molecule has 0 fully saturated rings. The minimum absolute atomic E-state index is 0.678. The van der Waals surface area contributed by atoms with Crippen LogP contribution in [0, 0.1) is 0 Å². The second-order valence-electron chi connectivity index (χ2n) is 3.47. The minimum Gasteiger partial charge on any atom is -0.330 e. The highest BCUT2D eigenvalue weighted by Gasteiger charge is 2.18. The van der Waals surface area contributed by atoms with Crippen LogP contribution in [-0.4, -0.2) is 22.8 Å². The average Bonchev–Trinajstić information content (AvgIpc) is 2.66. The summed E-state index contributed by atoms with van der Waals surface area (Å²) in [6.07, 6.45) is 6.38. The topological polar surface area (TPSA) is 51.8 Å². The molecule has 0 unspecified atom stereocenters. The van der Waals surface area contributed by atoms with Gasteiger partial charge in [-0.2, -0.15) is 0 Å². The predicted molar refractivity (Wildman–Crippen MR) is 58.6 cm³/mol. The van der Waals surface area contributed by atoms with Gasteiger partial charge in [0.1, 0.15) is 0 Å². The molecule has 0 atom stereocenters. The van der Waals surface area contributed by atoms with Gasteiger partial charge in [0.05, 0.1) is 0 Å². The number of hydrogen-bond acceptors (Lipinski definition) is 4. The van der Waals surface area contributed by atoms with E-state index in [2.05, 4.69) is 9.97 Å². The third-order valence-electron chi connectivity index (χ3n) is 2.56. The summed E-state index contributed by atoms with van der Waals surface area (Å²) in [7, 11) is 0. The van der Waals surface area contributed by atoms with Crippen LogP contribution in [-0.2, 0) is 19.3 Å². The second kappa shape index (κ2) is 4.28. The van der Waals surface area contributed by atoms with E-state index in [0.29, 0.717) is 6.54 Å². The van der Waals surface area contributed by atoms with Crippen molar-refractivity contribution < 1.29 is 0 Å². The lowest BCUT2D eigenvalue weighted by Crippen LogP contribution is -2.09. The molecule has 1 aromatic rings. The van der Waals surface area contributed by atoms with Gasteiger partial charge in [-0.3, -0.25) is 0 Å². The van der Waals surface area contributed by atoms with E-state index >= 15 is 0 Å². The van der Waals surface area contributed by atoms with Crippen molar-refractivity contribution in [1.29, 1.82) is 0 Å². The number of fused-ring (bicyclic) bond motifs is 1. The van der Waals surface area contributed by atoms with E-state index in [1.165, 1.54) is 23.4 Å². The third kappa shape index (κ3) is 1.77. The quantitative estimate of drug-likeness (QED) is 0.600. The van der Waals surface area contributed by atoms with E-state index in [9.17, 15) is 0 Å². The summed E-state index contributed by atoms with van der Waals surface area (Å²) in [6.45, 7) is 0.678. The first-order valence-corrected chi connectivity index (χ1v) is 6.20. The molecule has 0 spiro atoms. The van der Waals surface area contributed by atoms with E-state index in [0.717, 1.165) is 24.4 Å². The fraction of sp³-hybridized carbons (Fsp3) is 0.600. The van der Waals surface area contributed by atoms with Gasteiger partial charge in [0, 0.05) is 17.8 Å². The molecule has 1 aliphatic rings. The van der Waals surface area contributed by atoms with Crippen molar-refractivity contribution in [2.45, 2.75) is 30.8 Å². The summed E-state index contributed by atoms with van der Waals surface area (Å²) in [5, 5.41) is 0.897. The Labute approximate surface area is 88.5 Å². The van der Waals surface area contributed by atoms with Crippen LogP contribution in [0.15, 0.2) is 5.16 Å². The Morgan fingerprint density at radius 1 is 1.36 bits per heavy atom. The maximum absolute atomic E-state index is 5.58. The highest BCUT2D eigenvalue weighted by molar-refractivity contribution is 7.98. The van der Waals surface area contributed by atoms with Gasteiger partial charge in [0.15, 0.2) is 5.16 Å². The Kier molecular flexibility index (Phi) is 3.03. The van der Waals surface area contributed by atoms with Gasteiger partial charge in [-0.25, -0.2) is 9.97 Å². The largest absolute Gasteiger partial charge is 0.330 e. The fourth-order valence-electron chi connectivity index (χ4n) is 1.92. The summed E-state index contributed by atoms with van der Waals surface area (Å²) in [4.78, 5) is 9.05. The predicted octanol–water partition coefficient (Wildman–Crippen LogP) is 1.19. The minimum atomic E-state index is 0.678. The number of nitrogens with zero attached hydrogens (tertiary/aromatic N) is 2. The number of aryl methyl sites for hydroxylation is 1. The van der Waals surface area contributed by atoms with Crippen LogP contribution < -0.4 is 5.73 Å². The van der Waals surface area contributed by atoms with Crippen molar-refractivity contribution in [2.75, 3.05) is 12.8 Å². The Balaban J connectivity index is 2.41. The maximum Gasteiger partial charge on any atom is 0.187 e. The average molecular weight is 209 g/mol. The molecular formula is C10H15N3S. The van der Waals surface area contributed by atoms with Crippen LogP contribution in [0.25, 0.3) is 0 Å². The Hall–Kier alpha value is -0.610. The van der Waals surface area contributed by atoms with E-state index in [4.69, 9.17) is 5.73 Å². The van der Waals surface area contributed by atoms with Gasteiger partial charge >= 0.3 is 0 Å². The molecule has 1 aliphatic carbocycles. The van der Waals surface area contributed by atoms with Crippen LogP contribution in [0.1, 0.15) is 23.4 Å². The highest BCUT2D eigenvalue weighted by atomic mass is 32.2. The van der Waals surface area contributed by atoms with Crippen LogP contribution >= 0.6 is 11.8 Å². The SMILES string of the molecule is CSc1nc(CCN)c2c(n1)CCC2. The van der Waals surface area contributed by atoms with E-state index in [1.807, 2.05) is 6.26 Å². The van der Waals surface area contributed by atoms with Gasteiger partial charge in [-0.1, -0.05) is 11.8 Å². The first kappa shape index (κ1) is 9.93. The normalized spacial score (nSPS) is 14.4. The molecule has 0 aliphatic heterocycles. The molecule has 76 valence electrons. The number of thioether (sulfide) groups is 1. The van der Waals surface area contributed by atoms with Crippen LogP contribution in [0.2, 0.25) is 0 Å². The monoisotopic (exact) mass is 209 g/mol. The highest BCUT2D eigenvalue weighted by Crippen LogP contribution is 2.25. The standard InChI is InChI=1S/C10H15N3S/c1-14-10-12-8-4-2-3-7(8)9(13-10)5-6-11/h2-6,11H2,1H3. The van der Waals surface area contributed by atoms with Gasteiger partial charge in [0.25, 0.3) is 0 Å². The fourth-order valence-corrected chi connectivity index (χ4v) is 2.32. The summed E-state index contributed by atoms with van der Waals surface area (Å²) in [6, 6.07) is 0. The zero-order valence-corrected chi connectivity index (χ0v) is 9.23. The number of aromatic nitrogens is 2.